The molecule has 0 bridgehead atoms. The topological polar surface area (TPSA) is 66.5 Å². The molecule has 1 atom stereocenters. The minimum atomic E-state index is -3.72. The maximum atomic E-state index is 13.2. The number of hydrogen-bond donors (Lipinski definition) is 1. The lowest BCUT2D eigenvalue weighted by Crippen LogP contribution is -2.43. The van der Waals surface area contributed by atoms with Gasteiger partial charge in [-0.2, -0.15) is 4.31 Å². The van der Waals surface area contributed by atoms with Gasteiger partial charge in [0.05, 0.1) is 4.90 Å². The zero-order valence-corrected chi connectivity index (χ0v) is 17.7. The summed E-state index contributed by atoms with van der Waals surface area (Å²) in [5, 5.41) is 5.28. The van der Waals surface area contributed by atoms with Gasteiger partial charge < -0.3 is 5.32 Å². The quantitative estimate of drug-likeness (QED) is 0.693. The highest BCUT2D eigenvalue weighted by Crippen LogP contribution is 2.35. The summed E-state index contributed by atoms with van der Waals surface area (Å²) in [5.41, 5.74) is 4.37. The average molecular weight is 421 g/mol. The fraction of sp³-hybridized carbons (Fsp3) is 0.292. The second-order valence-corrected chi connectivity index (χ2v) is 10.1. The van der Waals surface area contributed by atoms with Crippen molar-refractivity contribution < 1.29 is 13.2 Å². The van der Waals surface area contributed by atoms with Crippen LogP contribution < -0.4 is 5.32 Å². The van der Waals surface area contributed by atoms with E-state index in [1.807, 2.05) is 25.1 Å². The van der Waals surface area contributed by atoms with Crippen molar-refractivity contribution in [2.45, 2.75) is 43.5 Å². The van der Waals surface area contributed by atoms with Crippen LogP contribution in [-0.4, -0.2) is 31.2 Å². The molecule has 5 rings (SSSR count). The predicted octanol–water partition coefficient (Wildman–Crippen LogP) is 4.04. The van der Waals surface area contributed by atoms with E-state index in [0.29, 0.717) is 19.4 Å². The maximum Gasteiger partial charge on any atom is 0.243 e. The number of aryl methyl sites for hydroxylation is 3. The molecular formula is C24H24N2O3S. The molecule has 1 fully saturated rings. The van der Waals surface area contributed by atoms with E-state index >= 15 is 0 Å². The van der Waals surface area contributed by atoms with Gasteiger partial charge in [0.2, 0.25) is 15.9 Å². The van der Waals surface area contributed by atoms with Crippen molar-refractivity contribution in [3.63, 3.8) is 0 Å². The minimum Gasteiger partial charge on any atom is -0.324 e. The van der Waals surface area contributed by atoms with Gasteiger partial charge in [-0.05, 0) is 67.3 Å². The number of nitrogens with zero attached hydrogens (tertiary/aromatic N) is 1. The summed E-state index contributed by atoms with van der Waals surface area (Å²) in [6, 6.07) is 16.3. The first-order valence-corrected chi connectivity index (χ1v) is 11.8. The zero-order chi connectivity index (χ0) is 20.9. The number of carbonyl (C=O) groups is 1. The van der Waals surface area contributed by atoms with Crippen LogP contribution in [0.1, 0.15) is 29.5 Å². The summed E-state index contributed by atoms with van der Waals surface area (Å²) in [7, 11) is -3.72. The number of hydrogen-bond acceptors (Lipinski definition) is 3. The number of sulfonamides is 1. The first-order valence-electron chi connectivity index (χ1n) is 10.4. The van der Waals surface area contributed by atoms with Crippen LogP contribution in [0.5, 0.6) is 0 Å². The van der Waals surface area contributed by atoms with E-state index in [1.165, 1.54) is 20.8 Å². The molecule has 3 aromatic carbocycles. The van der Waals surface area contributed by atoms with Crippen molar-refractivity contribution in [2.75, 3.05) is 11.9 Å². The highest BCUT2D eigenvalue weighted by Gasteiger charge is 2.39. The first-order chi connectivity index (χ1) is 14.4. The largest absolute Gasteiger partial charge is 0.324 e. The number of benzene rings is 3. The molecule has 5 nitrogen and oxygen atoms in total. The van der Waals surface area contributed by atoms with Crippen molar-refractivity contribution in [3.05, 3.63) is 71.3 Å². The van der Waals surface area contributed by atoms with Gasteiger partial charge in [-0.3, -0.25) is 4.79 Å². The molecule has 0 saturated carbocycles. The predicted molar refractivity (Wildman–Crippen MR) is 118 cm³/mol. The SMILES string of the molecule is Cc1ccc(S(=O)(=O)N2CCCC2C(=O)Nc2ccc3c4c(cccc24)CC3)cc1. The van der Waals surface area contributed by atoms with Crippen LogP contribution >= 0.6 is 0 Å². The molecule has 1 aliphatic heterocycles. The Labute approximate surface area is 176 Å². The zero-order valence-electron chi connectivity index (χ0n) is 16.9. The van der Waals surface area contributed by atoms with Gasteiger partial charge in [-0.25, -0.2) is 8.42 Å². The molecule has 30 heavy (non-hydrogen) atoms. The van der Waals surface area contributed by atoms with E-state index < -0.39 is 16.1 Å². The van der Waals surface area contributed by atoms with Gasteiger partial charge >= 0.3 is 0 Å². The summed E-state index contributed by atoms with van der Waals surface area (Å²) in [5.74, 6) is -0.262. The first kappa shape index (κ1) is 19.3. The Bertz CT molecular complexity index is 1240. The molecule has 1 saturated heterocycles. The van der Waals surface area contributed by atoms with Crippen molar-refractivity contribution >= 4 is 32.4 Å². The lowest BCUT2D eigenvalue weighted by atomic mass is 10.0. The van der Waals surface area contributed by atoms with E-state index in [9.17, 15) is 13.2 Å². The third kappa shape index (κ3) is 3.11. The van der Waals surface area contributed by atoms with Gasteiger partial charge in [0.25, 0.3) is 0 Å². The maximum absolute atomic E-state index is 13.2. The van der Waals surface area contributed by atoms with Crippen LogP contribution in [-0.2, 0) is 27.7 Å². The van der Waals surface area contributed by atoms with Crippen LogP contribution in [0, 0.1) is 6.92 Å². The summed E-state index contributed by atoms with van der Waals surface area (Å²) < 4.78 is 27.7. The van der Waals surface area contributed by atoms with Gasteiger partial charge in [0, 0.05) is 17.6 Å². The van der Waals surface area contributed by atoms with Gasteiger partial charge in [-0.15, -0.1) is 0 Å². The summed E-state index contributed by atoms with van der Waals surface area (Å²) in [6.45, 7) is 2.28. The summed E-state index contributed by atoms with van der Waals surface area (Å²) >= 11 is 0. The van der Waals surface area contributed by atoms with Gasteiger partial charge in [-0.1, -0.05) is 42.0 Å². The molecule has 0 spiro atoms. The fourth-order valence-corrected chi connectivity index (χ4v) is 6.36. The Kier molecular flexibility index (Phi) is 4.64. The van der Waals surface area contributed by atoms with Crippen molar-refractivity contribution in [1.82, 2.24) is 4.31 Å². The van der Waals surface area contributed by atoms with Crippen LogP contribution in [0.15, 0.2) is 59.5 Å². The van der Waals surface area contributed by atoms with Crippen LogP contribution in [0.2, 0.25) is 0 Å². The van der Waals surface area contributed by atoms with Crippen LogP contribution in [0.4, 0.5) is 5.69 Å². The average Bonchev–Trinajstić information content (AvgIpc) is 3.39. The van der Waals surface area contributed by atoms with E-state index in [4.69, 9.17) is 0 Å². The van der Waals surface area contributed by atoms with E-state index in [0.717, 1.165) is 29.5 Å². The molecule has 1 N–H and O–H groups in total. The molecule has 0 aromatic heterocycles. The molecule has 1 heterocycles. The second-order valence-electron chi connectivity index (χ2n) is 8.19. The molecule has 154 valence electrons. The lowest BCUT2D eigenvalue weighted by molar-refractivity contribution is -0.119. The standard InChI is InChI=1S/C24H24N2O3S/c1-16-7-12-19(13-8-16)30(28,29)26-15-3-6-22(26)24(27)25-21-14-11-18-10-9-17-4-2-5-20(21)23(17)18/h2,4-5,7-8,11-14,22H,3,6,9-10,15H2,1H3,(H,25,27). The van der Waals surface area contributed by atoms with E-state index in [-0.39, 0.29) is 10.8 Å². The summed E-state index contributed by atoms with van der Waals surface area (Å²) in [4.78, 5) is 13.4. The van der Waals surface area contributed by atoms with Crippen LogP contribution in [0.3, 0.4) is 0 Å². The molecule has 3 aromatic rings. The van der Waals surface area contributed by atoms with E-state index in [1.54, 1.807) is 24.3 Å². The number of carbonyl (C=O) groups excluding carboxylic acids is 1. The Morgan fingerprint density at radius 2 is 1.73 bits per heavy atom. The Hall–Kier alpha value is -2.70. The number of rotatable bonds is 4. The molecule has 1 unspecified atom stereocenters. The van der Waals surface area contributed by atoms with Gasteiger partial charge in [0.15, 0.2) is 0 Å². The Balaban J connectivity index is 1.44. The third-order valence-corrected chi connectivity index (χ3v) is 8.19. The number of nitrogens with one attached hydrogen (secondary N) is 1. The number of anilines is 1. The van der Waals surface area contributed by atoms with Crippen molar-refractivity contribution in [3.8, 4) is 0 Å². The van der Waals surface area contributed by atoms with E-state index in [2.05, 4.69) is 17.4 Å². The van der Waals surface area contributed by atoms with Gasteiger partial charge in [0.1, 0.15) is 6.04 Å². The number of amides is 1. The molecule has 1 amide bonds. The van der Waals surface area contributed by atoms with Crippen molar-refractivity contribution in [1.29, 1.82) is 0 Å². The molecule has 1 aliphatic carbocycles. The molecule has 6 heteroatoms. The van der Waals surface area contributed by atoms with Crippen LogP contribution in [0.25, 0.3) is 10.8 Å². The minimum absolute atomic E-state index is 0.234. The Morgan fingerprint density at radius 1 is 1.00 bits per heavy atom. The molecule has 0 radical (unpaired) electrons. The highest BCUT2D eigenvalue weighted by molar-refractivity contribution is 7.89. The van der Waals surface area contributed by atoms with Crippen molar-refractivity contribution in [2.24, 2.45) is 0 Å². The third-order valence-electron chi connectivity index (χ3n) is 6.27. The normalized spacial score (nSPS) is 18.8. The highest BCUT2D eigenvalue weighted by atomic mass is 32.2. The molecular weight excluding hydrogens is 396 g/mol. The smallest absolute Gasteiger partial charge is 0.243 e. The lowest BCUT2D eigenvalue weighted by Gasteiger charge is -2.24. The summed E-state index contributed by atoms with van der Waals surface area (Å²) in [6.07, 6.45) is 3.25. The Morgan fingerprint density at radius 3 is 2.50 bits per heavy atom. The fourth-order valence-electron chi connectivity index (χ4n) is 4.71. The molecule has 2 aliphatic rings. The monoisotopic (exact) mass is 420 g/mol. The second kappa shape index (κ2) is 7.22.